The molecule has 0 unspecified atom stereocenters. The van der Waals surface area contributed by atoms with Gasteiger partial charge in [0.1, 0.15) is 0 Å². The first-order chi connectivity index (χ1) is 8.90. The molecule has 1 aromatic carbocycles. The molecule has 0 spiro atoms. The minimum absolute atomic E-state index is 0.252. The largest absolute Gasteiger partial charge is 0.389 e. The molecule has 0 fully saturated rings. The summed E-state index contributed by atoms with van der Waals surface area (Å²) in [5.41, 5.74) is 2.77. The number of aliphatic hydroxyl groups is 1. The van der Waals surface area contributed by atoms with E-state index >= 15 is 0 Å². The van der Waals surface area contributed by atoms with E-state index < -0.39 is 13.3 Å². The molecule has 1 N–H and O–H groups in total. The molecule has 0 heterocycles. The minimum Gasteiger partial charge on any atom is -0.389 e. The number of hydrogen-bond donors (Lipinski definition) is 1. The Morgan fingerprint density at radius 1 is 1.26 bits per heavy atom. The molecule has 0 saturated heterocycles. The van der Waals surface area contributed by atoms with Crippen molar-refractivity contribution in [3.8, 4) is 0 Å². The van der Waals surface area contributed by atoms with Crippen molar-refractivity contribution in [2.24, 2.45) is 0 Å². The summed E-state index contributed by atoms with van der Waals surface area (Å²) in [6.45, 7) is 9.00. The Bertz CT molecular complexity index is 472. The van der Waals surface area contributed by atoms with E-state index in [1.807, 2.05) is 0 Å². The molecule has 0 amide bonds. The van der Waals surface area contributed by atoms with Crippen molar-refractivity contribution >= 4 is 8.07 Å². The van der Waals surface area contributed by atoms with Crippen LogP contribution in [0.5, 0.6) is 0 Å². The van der Waals surface area contributed by atoms with Crippen molar-refractivity contribution in [2.45, 2.75) is 57.0 Å². The molecule has 1 aliphatic rings. The van der Waals surface area contributed by atoms with Gasteiger partial charge in [-0.1, -0.05) is 69.4 Å². The number of rotatable bonds is 4. The summed E-state index contributed by atoms with van der Waals surface area (Å²) in [6.07, 6.45) is 7.48. The van der Waals surface area contributed by atoms with Crippen molar-refractivity contribution < 1.29 is 5.11 Å². The molecule has 0 bridgehead atoms. The zero-order valence-corrected chi connectivity index (χ0v) is 13.6. The Balaban J connectivity index is 2.42. The van der Waals surface area contributed by atoms with Crippen LogP contribution >= 0.6 is 0 Å². The van der Waals surface area contributed by atoms with Crippen LogP contribution in [0.25, 0.3) is 0 Å². The maximum absolute atomic E-state index is 11.2. The van der Waals surface area contributed by atoms with Gasteiger partial charge in [-0.25, -0.2) is 0 Å². The third kappa shape index (κ3) is 2.56. The SMILES string of the molecule is CCCc1ccccc1[C@@H]1CC=C[C@]1(O)[Si](C)(C)C. The van der Waals surface area contributed by atoms with Crippen molar-refractivity contribution in [3.63, 3.8) is 0 Å². The zero-order valence-electron chi connectivity index (χ0n) is 12.6. The number of hydrogen-bond acceptors (Lipinski definition) is 1. The first kappa shape index (κ1) is 14.5. The van der Waals surface area contributed by atoms with E-state index in [0.717, 1.165) is 19.3 Å². The summed E-state index contributed by atoms with van der Waals surface area (Å²) in [5, 5.41) is 10.6. The fourth-order valence-electron chi connectivity index (χ4n) is 3.19. The maximum atomic E-state index is 11.2. The summed E-state index contributed by atoms with van der Waals surface area (Å²) < 4.78 is 0. The van der Waals surface area contributed by atoms with Crippen LogP contribution in [0.3, 0.4) is 0 Å². The third-order valence-corrected chi connectivity index (χ3v) is 7.34. The van der Waals surface area contributed by atoms with Crippen molar-refractivity contribution in [2.75, 3.05) is 0 Å². The second-order valence-electron chi connectivity index (χ2n) is 6.71. The Morgan fingerprint density at radius 3 is 2.58 bits per heavy atom. The van der Waals surface area contributed by atoms with Crippen LogP contribution in [0, 0.1) is 0 Å². The highest BCUT2D eigenvalue weighted by atomic mass is 28.3. The van der Waals surface area contributed by atoms with Gasteiger partial charge in [0.15, 0.2) is 0 Å². The lowest BCUT2D eigenvalue weighted by Crippen LogP contribution is -2.53. The van der Waals surface area contributed by atoms with E-state index in [9.17, 15) is 5.11 Å². The molecule has 2 atom stereocenters. The molecule has 104 valence electrons. The van der Waals surface area contributed by atoms with Gasteiger partial charge in [0, 0.05) is 5.92 Å². The molecule has 0 radical (unpaired) electrons. The Hall–Kier alpha value is -0.863. The smallest absolute Gasteiger partial charge is 0.0878 e. The van der Waals surface area contributed by atoms with Crippen LogP contribution in [0.1, 0.15) is 36.8 Å². The normalized spacial score (nSPS) is 26.9. The van der Waals surface area contributed by atoms with E-state index in [2.05, 4.69) is 63.0 Å². The lowest BCUT2D eigenvalue weighted by atomic mass is 9.88. The van der Waals surface area contributed by atoms with E-state index in [-0.39, 0.29) is 5.92 Å². The monoisotopic (exact) mass is 274 g/mol. The topological polar surface area (TPSA) is 20.2 Å². The van der Waals surface area contributed by atoms with Gasteiger partial charge < -0.3 is 5.11 Å². The summed E-state index contributed by atoms with van der Waals surface area (Å²) in [7, 11) is -1.67. The quantitative estimate of drug-likeness (QED) is 0.641. The molecule has 19 heavy (non-hydrogen) atoms. The van der Waals surface area contributed by atoms with Crippen LogP contribution in [0.4, 0.5) is 0 Å². The number of aryl methyl sites for hydroxylation is 1. The predicted molar refractivity (Wildman–Crippen MR) is 85.2 cm³/mol. The minimum atomic E-state index is -1.67. The Morgan fingerprint density at radius 2 is 1.95 bits per heavy atom. The average Bonchev–Trinajstić information content (AvgIpc) is 2.73. The summed E-state index contributed by atoms with van der Waals surface area (Å²) in [4.78, 5) is 0. The molecule has 2 heteroatoms. The number of benzene rings is 1. The fraction of sp³-hybridized carbons (Fsp3) is 0.529. The van der Waals surface area contributed by atoms with E-state index in [1.165, 1.54) is 11.1 Å². The highest BCUT2D eigenvalue weighted by Gasteiger charge is 2.48. The third-order valence-electron chi connectivity index (χ3n) is 4.43. The van der Waals surface area contributed by atoms with Crippen LogP contribution < -0.4 is 0 Å². The molecule has 0 aromatic heterocycles. The Labute approximate surface area is 118 Å². The summed E-state index contributed by atoms with van der Waals surface area (Å²) >= 11 is 0. The van der Waals surface area contributed by atoms with Gasteiger partial charge >= 0.3 is 0 Å². The second kappa shape index (κ2) is 5.26. The van der Waals surface area contributed by atoms with Gasteiger partial charge in [-0.3, -0.25) is 0 Å². The van der Waals surface area contributed by atoms with Crippen molar-refractivity contribution in [1.29, 1.82) is 0 Å². The molecular formula is C17H26OSi. The molecular weight excluding hydrogens is 248 g/mol. The predicted octanol–water partition coefficient (Wildman–Crippen LogP) is 4.29. The van der Waals surface area contributed by atoms with Gasteiger partial charge in [-0.15, -0.1) is 0 Å². The number of allylic oxidation sites excluding steroid dienone is 1. The van der Waals surface area contributed by atoms with E-state index in [0.29, 0.717) is 0 Å². The molecule has 0 saturated carbocycles. The van der Waals surface area contributed by atoms with Gasteiger partial charge in [0.25, 0.3) is 0 Å². The molecule has 1 aromatic rings. The molecule has 1 aliphatic carbocycles. The first-order valence-electron chi connectivity index (χ1n) is 7.38. The van der Waals surface area contributed by atoms with Crippen LogP contribution in [0.15, 0.2) is 36.4 Å². The van der Waals surface area contributed by atoms with Gasteiger partial charge in [-0.2, -0.15) is 0 Å². The van der Waals surface area contributed by atoms with Gasteiger partial charge in [-0.05, 0) is 24.0 Å². The van der Waals surface area contributed by atoms with Crippen molar-refractivity contribution in [1.82, 2.24) is 0 Å². The van der Waals surface area contributed by atoms with Crippen LogP contribution in [-0.2, 0) is 6.42 Å². The molecule has 0 aliphatic heterocycles. The van der Waals surface area contributed by atoms with E-state index in [4.69, 9.17) is 0 Å². The van der Waals surface area contributed by atoms with Gasteiger partial charge in [0.2, 0.25) is 0 Å². The standard InChI is InChI=1S/C17H26OSi/c1-5-9-14-10-6-7-11-15(14)16-12-8-13-17(16,18)19(2,3)4/h6-8,10-11,13,16,18H,5,9,12H2,1-4H3/t16-,17-/m0/s1. The maximum Gasteiger partial charge on any atom is 0.0878 e. The molecule has 2 rings (SSSR count). The molecule has 1 nitrogen and oxygen atoms in total. The average molecular weight is 274 g/mol. The summed E-state index contributed by atoms with van der Waals surface area (Å²) in [5.74, 6) is 0.252. The zero-order chi connectivity index (χ0) is 14.1. The lowest BCUT2D eigenvalue weighted by Gasteiger charge is -2.40. The van der Waals surface area contributed by atoms with Crippen molar-refractivity contribution in [3.05, 3.63) is 47.5 Å². The highest BCUT2D eigenvalue weighted by molar-refractivity contribution is 6.79. The van der Waals surface area contributed by atoms with E-state index in [1.54, 1.807) is 0 Å². The second-order valence-corrected chi connectivity index (χ2v) is 12.0. The van der Waals surface area contributed by atoms with Gasteiger partial charge in [0.05, 0.1) is 13.3 Å². The van der Waals surface area contributed by atoms with Crippen LogP contribution in [-0.4, -0.2) is 18.4 Å². The first-order valence-corrected chi connectivity index (χ1v) is 10.9. The fourth-order valence-corrected chi connectivity index (χ4v) is 5.12. The van der Waals surface area contributed by atoms with Crippen LogP contribution in [0.2, 0.25) is 19.6 Å². The highest BCUT2D eigenvalue weighted by Crippen LogP contribution is 2.44. The Kier molecular flexibility index (Phi) is 4.02. The summed E-state index contributed by atoms with van der Waals surface area (Å²) in [6, 6.07) is 8.66. The lowest BCUT2D eigenvalue weighted by molar-refractivity contribution is 0.143.